The number of carbonyl (C=O) groups excluding carboxylic acids is 2. The first-order chi connectivity index (χ1) is 10.2. The zero-order chi connectivity index (χ0) is 14.7. The van der Waals surface area contributed by atoms with Gasteiger partial charge < -0.3 is 10.6 Å². The topological polar surface area (TPSA) is 84.0 Å². The van der Waals surface area contributed by atoms with Gasteiger partial charge in [-0.05, 0) is 18.6 Å². The molecule has 0 unspecified atom stereocenters. The Balaban J connectivity index is 1.65. The molecule has 0 aliphatic carbocycles. The number of hydrogen-bond donors (Lipinski definition) is 2. The molecule has 21 heavy (non-hydrogen) atoms. The molecule has 2 N–H and O–H groups in total. The van der Waals surface area contributed by atoms with Gasteiger partial charge >= 0.3 is 0 Å². The van der Waals surface area contributed by atoms with Crippen molar-refractivity contribution in [3.8, 4) is 11.4 Å². The Labute approximate surface area is 125 Å². The van der Waals surface area contributed by atoms with Crippen molar-refractivity contribution >= 4 is 28.3 Å². The van der Waals surface area contributed by atoms with E-state index >= 15 is 0 Å². The Bertz CT molecular complexity index is 646. The van der Waals surface area contributed by atoms with Crippen LogP contribution in [0.15, 0.2) is 29.8 Å². The number of thiazole rings is 1. The van der Waals surface area contributed by atoms with E-state index in [4.69, 9.17) is 0 Å². The van der Waals surface area contributed by atoms with E-state index < -0.39 is 0 Å². The number of piperidine rings is 1. The van der Waals surface area contributed by atoms with Crippen LogP contribution in [-0.2, 0) is 9.59 Å². The Hall–Kier alpha value is -2.28. The van der Waals surface area contributed by atoms with E-state index in [1.165, 1.54) is 11.3 Å². The van der Waals surface area contributed by atoms with E-state index in [1.807, 2.05) is 23.6 Å². The second-order valence-electron chi connectivity index (χ2n) is 4.78. The molecule has 1 aliphatic heterocycles. The predicted octanol–water partition coefficient (Wildman–Crippen LogP) is 1.67. The van der Waals surface area contributed by atoms with Crippen molar-refractivity contribution in [2.24, 2.45) is 5.92 Å². The number of carbonyl (C=O) groups is 2. The summed E-state index contributed by atoms with van der Waals surface area (Å²) in [4.78, 5) is 31.8. The van der Waals surface area contributed by atoms with E-state index in [-0.39, 0.29) is 17.7 Å². The van der Waals surface area contributed by atoms with Gasteiger partial charge in [-0.3, -0.25) is 14.6 Å². The third-order valence-corrected chi connectivity index (χ3v) is 4.06. The molecule has 1 saturated heterocycles. The quantitative estimate of drug-likeness (QED) is 0.903. The van der Waals surface area contributed by atoms with E-state index in [2.05, 4.69) is 20.6 Å². The number of aromatic nitrogens is 2. The average molecular weight is 302 g/mol. The van der Waals surface area contributed by atoms with Crippen molar-refractivity contribution in [1.82, 2.24) is 15.3 Å². The van der Waals surface area contributed by atoms with Crippen molar-refractivity contribution in [2.45, 2.75) is 12.8 Å². The molecule has 0 bridgehead atoms. The average Bonchev–Trinajstić information content (AvgIpc) is 2.97. The maximum Gasteiger partial charge on any atom is 0.231 e. The van der Waals surface area contributed by atoms with E-state index in [9.17, 15) is 9.59 Å². The number of anilines is 1. The number of rotatable bonds is 3. The first-order valence-corrected chi connectivity index (χ1v) is 7.55. The van der Waals surface area contributed by atoms with Gasteiger partial charge in [0.25, 0.3) is 0 Å². The molecule has 0 radical (unpaired) electrons. The van der Waals surface area contributed by atoms with Gasteiger partial charge in [0.1, 0.15) is 5.69 Å². The minimum atomic E-state index is -0.190. The van der Waals surface area contributed by atoms with Crippen LogP contribution in [0.3, 0.4) is 0 Å². The van der Waals surface area contributed by atoms with Crippen LogP contribution in [0.2, 0.25) is 0 Å². The molecular weight excluding hydrogens is 288 g/mol. The van der Waals surface area contributed by atoms with Gasteiger partial charge in [0.2, 0.25) is 11.8 Å². The van der Waals surface area contributed by atoms with Crippen LogP contribution in [0.5, 0.6) is 0 Å². The van der Waals surface area contributed by atoms with Gasteiger partial charge in [-0.25, -0.2) is 4.98 Å². The van der Waals surface area contributed by atoms with Crippen molar-refractivity contribution in [2.75, 3.05) is 11.9 Å². The van der Waals surface area contributed by atoms with Gasteiger partial charge in [-0.1, -0.05) is 6.07 Å². The second-order valence-corrected chi connectivity index (χ2v) is 5.64. The van der Waals surface area contributed by atoms with Crippen molar-refractivity contribution in [1.29, 1.82) is 0 Å². The molecule has 6 nitrogen and oxygen atoms in total. The summed E-state index contributed by atoms with van der Waals surface area (Å²) in [6.07, 6.45) is 2.68. The molecule has 3 rings (SSSR count). The number of nitrogens with zero attached hydrogens (tertiary/aromatic N) is 2. The zero-order valence-electron chi connectivity index (χ0n) is 11.2. The van der Waals surface area contributed by atoms with Crippen LogP contribution in [0.1, 0.15) is 12.8 Å². The first-order valence-electron chi connectivity index (χ1n) is 6.67. The summed E-state index contributed by atoms with van der Waals surface area (Å²) in [6, 6.07) is 5.61. The van der Waals surface area contributed by atoms with Crippen LogP contribution in [0.4, 0.5) is 5.13 Å². The minimum absolute atomic E-state index is 0.00531. The Morgan fingerprint density at radius 3 is 3.00 bits per heavy atom. The van der Waals surface area contributed by atoms with Crippen LogP contribution < -0.4 is 10.6 Å². The maximum atomic E-state index is 12.1. The lowest BCUT2D eigenvalue weighted by atomic mass is 9.98. The fourth-order valence-corrected chi connectivity index (χ4v) is 2.83. The lowest BCUT2D eigenvalue weighted by Crippen LogP contribution is -2.40. The fourth-order valence-electron chi connectivity index (χ4n) is 2.13. The summed E-state index contributed by atoms with van der Waals surface area (Å²) in [7, 11) is 0. The van der Waals surface area contributed by atoms with Crippen LogP contribution in [-0.4, -0.2) is 28.3 Å². The van der Waals surface area contributed by atoms with E-state index in [1.54, 1.807) is 6.20 Å². The van der Waals surface area contributed by atoms with Crippen LogP contribution >= 0.6 is 11.3 Å². The third kappa shape index (κ3) is 3.25. The van der Waals surface area contributed by atoms with Gasteiger partial charge in [0.15, 0.2) is 5.13 Å². The molecule has 0 saturated carbocycles. The largest absolute Gasteiger partial charge is 0.355 e. The van der Waals surface area contributed by atoms with Crippen molar-refractivity contribution < 1.29 is 9.59 Å². The normalized spacial score (nSPS) is 18.1. The predicted molar refractivity (Wildman–Crippen MR) is 79.7 cm³/mol. The maximum absolute atomic E-state index is 12.1. The first kappa shape index (κ1) is 13.7. The second kappa shape index (κ2) is 6.01. The molecule has 108 valence electrons. The lowest BCUT2D eigenvalue weighted by molar-refractivity contribution is -0.126. The number of pyridine rings is 1. The number of amides is 2. The van der Waals surface area contributed by atoms with E-state index in [0.717, 1.165) is 11.4 Å². The van der Waals surface area contributed by atoms with Crippen molar-refractivity contribution in [3.05, 3.63) is 29.8 Å². The van der Waals surface area contributed by atoms with Gasteiger partial charge in [-0.2, -0.15) is 0 Å². The molecule has 0 spiro atoms. The van der Waals surface area contributed by atoms with E-state index in [0.29, 0.717) is 24.5 Å². The van der Waals surface area contributed by atoms with Gasteiger partial charge in [0, 0.05) is 24.5 Å². The molecule has 1 fully saturated rings. The van der Waals surface area contributed by atoms with Crippen LogP contribution in [0, 0.1) is 5.92 Å². The summed E-state index contributed by atoms with van der Waals surface area (Å²) in [5, 5.41) is 7.92. The highest BCUT2D eigenvalue weighted by atomic mass is 32.1. The molecule has 1 aliphatic rings. The van der Waals surface area contributed by atoms with Gasteiger partial charge in [-0.15, -0.1) is 11.3 Å². The van der Waals surface area contributed by atoms with Crippen LogP contribution in [0.25, 0.3) is 11.4 Å². The highest BCUT2D eigenvalue weighted by molar-refractivity contribution is 7.14. The number of hydrogen-bond acceptors (Lipinski definition) is 5. The van der Waals surface area contributed by atoms with Crippen molar-refractivity contribution in [3.63, 3.8) is 0 Å². The smallest absolute Gasteiger partial charge is 0.231 e. The molecule has 0 aromatic carbocycles. The summed E-state index contributed by atoms with van der Waals surface area (Å²) < 4.78 is 0. The van der Waals surface area contributed by atoms with Gasteiger partial charge in [0.05, 0.1) is 11.6 Å². The lowest BCUT2D eigenvalue weighted by Gasteiger charge is -2.20. The number of nitrogens with one attached hydrogen (secondary N) is 2. The summed E-state index contributed by atoms with van der Waals surface area (Å²) >= 11 is 1.37. The Morgan fingerprint density at radius 2 is 2.29 bits per heavy atom. The summed E-state index contributed by atoms with van der Waals surface area (Å²) in [5.74, 6) is -0.285. The fraction of sp³-hybridized carbons (Fsp3) is 0.286. The SMILES string of the molecule is O=C1CC[C@H](C(=O)Nc2nc(-c3ccccn3)cs2)CN1. The molecule has 7 heteroatoms. The third-order valence-electron chi connectivity index (χ3n) is 3.30. The molecule has 1 atom stereocenters. The molecule has 3 heterocycles. The highest BCUT2D eigenvalue weighted by Gasteiger charge is 2.25. The Kier molecular flexibility index (Phi) is 3.92. The minimum Gasteiger partial charge on any atom is -0.355 e. The monoisotopic (exact) mass is 302 g/mol. The highest BCUT2D eigenvalue weighted by Crippen LogP contribution is 2.24. The molecular formula is C14H14N4O2S. The standard InChI is InChI=1S/C14H14N4O2S/c19-12-5-4-9(7-16-12)13(20)18-14-17-11(8-21-14)10-3-1-2-6-15-10/h1-3,6,8-9H,4-5,7H2,(H,16,19)(H,17,18,20)/t9-/m0/s1. The zero-order valence-corrected chi connectivity index (χ0v) is 12.0. The Morgan fingerprint density at radius 1 is 1.38 bits per heavy atom. The molecule has 2 aromatic rings. The molecule has 2 aromatic heterocycles. The summed E-state index contributed by atoms with van der Waals surface area (Å²) in [5.41, 5.74) is 1.52. The summed E-state index contributed by atoms with van der Waals surface area (Å²) in [6.45, 7) is 0.392. The molecule has 2 amide bonds.